The molecule has 1 aromatic heterocycles. The standard InChI is InChI=1S/C36H45N3O4S/c1-23-17-27(14-16-32(23)43-2)30-15-11-24(20-37-35(42)25-7-4-3-5-8-25)18-31(30)39(34(41)22-40)29-10-6-9-28(19-29)33-21-38-36(44-33)26-12-13-26/h6,9-10,14,16-17,19,21,24-26,30-31,40H,3-5,7-8,11-13,15,18,20,22H2,1-2H3,(H,37,42). The smallest absolute Gasteiger partial charge is 0.252 e. The van der Waals surface area contributed by atoms with E-state index in [1.54, 1.807) is 18.4 Å². The summed E-state index contributed by atoms with van der Waals surface area (Å²) in [6.45, 7) is 2.10. The summed E-state index contributed by atoms with van der Waals surface area (Å²) in [5.41, 5.74) is 4.05. The Morgan fingerprint density at radius 1 is 1.05 bits per heavy atom. The Labute approximate surface area is 265 Å². The average Bonchev–Trinajstić information content (AvgIpc) is 3.80. The van der Waals surface area contributed by atoms with Crippen LogP contribution in [0, 0.1) is 18.8 Å². The highest BCUT2D eigenvalue weighted by Gasteiger charge is 2.39. The lowest BCUT2D eigenvalue weighted by Gasteiger charge is -2.43. The van der Waals surface area contributed by atoms with Crippen LogP contribution in [0.1, 0.15) is 92.2 Å². The van der Waals surface area contributed by atoms with Crippen LogP contribution in [0.15, 0.2) is 48.7 Å². The lowest BCUT2D eigenvalue weighted by molar-refractivity contribution is -0.126. The van der Waals surface area contributed by atoms with E-state index < -0.39 is 6.61 Å². The summed E-state index contributed by atoms with van der Waals surface area (Å²) in [5, 5.41) is 14.7. The second-order valence-electron chi connectivity index (χ2n) is 13.0. The molecule has 0 bridgehead atoms. The largest absolute Gasteiger partial charge is 0.496 e. The maximum absolute atomic E-state index is 13.7. The first kappa shape index (κ1) is 30.8. The third kappa shape index (κ3) is 6.86. The molecule has 3 aliphatic rings. The van der Waals surface area contributed by atoms with Gasteiger partial charge >= 0.3 is 0 Å². The number of thiazole rings is 1. The summed E-state index contributed by atoms with van der Waals surface area (Å²) in [4.78, 5) is 34.3. The predicted octanol–water partition coefficient (Wildman–Crippen LogP) is 6.98. The molecule has 2 amide bonds. The SMILES string of the molecule is COc1ccc(C2CCC(CNC(=O)C3CCCCC3)CC2N(C(=O)CO)c2cccc(-c3cnc(C4CC4)s3)c2)cc1C. The Morgan fingerprint density at radius 3 is 2.59 bits per heavy atom. The van der Waals surface area contributed by atoms with E-state index in [2.05, 4.69) is 41.5 Å². The van der Waals surface area contributed by atoms with Crippen LogP contribution < -0.4 is 15.0 Å². The van der Waals surface area contributed by atoms with E-state index in [-0.39, 0.29) is 35.6 Å². The minimum Gasteiger partial charge on any atom is -0.496 e. The van der Waals surface area contributed by atoms with Crippen molar-refractivity contribution in [2.24, 2.45) is 11.8 Å². The Kier molecular flexibility index (Phi) is 9.67. The molecule has 8 heteroatoms. The fourth-order valence-corrected chi connectivity index (χ4v) is 8.41. The van der Waals surface area contributed by atoms with Crippen molar-refractivity contribution >= 4 is 28.8 Å². The third-order valence-electron chi connectivity index (χ3n) is 9.91. The van der Waals surface area contributed by atoms with Crippen LogP contribution >= 0.6 is 11.3 Å². The summed E-state index contributed by atoms with van der Waals surface area (Å²) >= 11 is 1.73. The Balaban J connectivity index is 1.30. The van der Waals surface area contributed by atoms with E-state index in [1.165, 1.54) is 29.8 Å². The van der Waals surface area contributed by atoms with Crippen molar-refractivity contribution in [1.82, 2.24) is 10.3 Å². The number of nitrogens with zero attached hydrogens (tertiary/aromatic N) is 2. The summed E-state index contributed by atoms with van der Waals surface area (Å²) < 4.78 is 5.54. The summed E-state index contributed by atoms with van der Waals surface area (Å²) in [5.74, 6) is 1.75. The number of nitrogens with one attached hydrogen (secondary N) is 1. The number of methoxy groups -OCH3 is 1. The summed E-state index contributed by atoms with van der Waals surface area (Å²) in [6, 6.07) is 14.2. The zero-order chi connectivity index (χ0) is 30.6. The van der Waals surface area contributed by atoms with Gasteiger partial charge in [-0.1, -0.05) is 43.5 Å². The molecule has 1 heterocycles. The van der Waals surface area contributed by atoms with Crippen molar-refractivity contribution in [1.29, 1.82) is 0 Å². The lowest BCUT2D eigenvalue weighted by Crippen LogP contribution is -2.49. The van der Waals surface area contributed by atoms with E-state index in [1.807, 2.05) is 29.3 Å². The van der Waals surface area contributed by atoms with Gasteiger partial charge < -0.3 is 20.1 Å². The zero-order valence-electron chi connectivity index (χ0n) is 26.0. The molecule has 3 atom stereocenters. The number of aliphatic hydroxyl groups is 1. The topological polar surface area (TPSA) is 91.8 Å². The van der Waals surface area contributed by atoms with E-state index in [0.29, 0.717) is 12.5 Å². The number of hydrogen-bond acceptors (Lipinski definition) is 6. The molecule has 7 nitrogen and oxygen atoms in total. The van der Waals surface area contributed by atoms with Gasteiger partial charge in [-0.3, -0.25) is 9.59 Å². The van der Waals surface area contributed by atoms with E-state index in [4.69, 9.17) is 4.74 Å². The number of hydrogen-bond donors (Lipinski definition) is 2. The molecule has 6 rings (SSSR count). The van der Waals surface area contributed by atoms with Crippen LogP contribution in [-0.4, -0.2) is 48.2 Å². The molecule has 3 unspecified atom stereocenters. The number of aromatic nitrogens is 1. The quantitative estimate of drug-likeness (QED) is 0.257. The Bertz CT molecular complexity index is 1460. The van der Waals surface area contributed by atoms with E-state index in [9.17, 15) is 14.7 Å². The van der Waals surface area contributed by atoms with Gasteiger partial charge in [0.05, 0.1) is 17.0 Å². The highest BCUT2D eigenvalue weighted by atomic mass is 32.1. The fourth-order valence-electron chi connectivity index (χ4n) is 7.32. The lowest BCUT2D eigenvalue weighted by atomic mass is 9.73. The van der Waals surface area contributed by atoms with Gasteiger partial charge in [0.25, 0.3) is 5.91 Å². The second-order valence-corrected chi connectivity index (χ2v) is 14.0. The van der Waals surface area contributed by atoms with E-state index >= 15 is 0 Å². The highest BCUT2D eigenvalue weighted by molar-refractivity contribution is 7.15. The number of carbonyl (C=O) groups excluding carboxylic acids is 2. The summed E-state index contributed by atoms with van der Waals surface area (Å²) in [7, 11) is 1.68. The van der Waals surface area contributed by atoms with Gasteiger partial charge in [0.1, 0.15) is 12.4 Å². The molecule has 3 saturated carbocycles. The number of aliphatic hydroxyl groups excluding tert-OH is 1. The van der Waals surface area contributed by atoms with Crippen LogP contribution in [0.3, 0.4) is 0 Å². The number of carbonyl (C=O) groups is 2. The normalized spacial score (nSPS) is 22.4. The maximum Gasteiger partial charge on any atom is 0.252 e. The van der Waals surface area contributed by atoms with Crippen molar-refractivity contribution in [2.75, 3.05) is 25.2 Å². The van der Waals surface area contributed by atoms with Gasteiger partial charge in [0.15, 0.2) is 0 Å². The number of rotatable bonds is 10. The zero-order valence-corrected chi connectivity index (χ0v) is 26.8. The van der Waals surface area contributed by atoms with Gasteiger partial charge in [0.2, 0.25) is 5.91 Å². The van der Waals surface area contributed by atoms with Gasteiger partial charge in [-0.05, 0) is 92.7 Å². The average molecular weight is 616 g/mol. The fraction of sp³-hybridized carbons (Fsp3) is 0.528. The molecule has 234 valence electrons. The van der Waals surface area contributed by atoms with Crippen LogP contribution in [-0.2, 0) is 9.59 Å². The molecular weight excluding hydrogens is 570 g/mol. The molecule has 0 radical (unpaired) electrons. The molecule has 44 heavy (non-hydrogen) atoms. The minimum absolute atomic E-state index is 0.0777. The number of benzene rings is 2. The first-order valence-corrected chi connectivity index (χ1v) is 17.2. The molecule has 3 fully saturated rings. The van der Waals surface area contributed by atoms with Crippen LogP contribution in [0.25, 0.3) is 10.4 Å². The molecule has 0 spiro atoms. The minimum atomic E-state index is -0.565. The van der Waals surface area contributed by atoms with Crippen molar-refractivity contribution in [3.8, 4) is 16.2 Å². The Hall–Kier alpha value is -3.23. The summed E-state index contributed by atoms with van der Waals surface area (Å²) in [6.07, 6.45) is 12.4. The van der Waals surface area contributed by atoms with Crippen molar-refractivity contribution in [3.05, 3.63) is 64.8 Å². The maximum atomic E-state index is 13.7. The monoisotopic (exact) mass is 615 g/mol. The molecular formula is C36H45N3O4S. The number of ether oxygens (including phenoxy) is 1. The van der Waals surface area contributed by atoms with Crippen molar-refractivity contribution < 1.29 is 19.4 Å². The number of aryl methyl sites for hydroxylation is 1. The van der Waals surface area contributed by atoms with Crippen molar-refractivity contribution in [2.45, 2.75) is 89.0 Å². The van der Waals surface area contributed by atoms with Crippen LogP contribution in [0.5, 0.6) is 5.75 Å². The van der Waals surface area contributed by atoms with Gasteiger partial charge in [-0.25, -0.2) is 4.98 Å². The third-order valence-corrected chi connectivity index (χ3v) is 11.1. The van der Waals surface area contributed by atoms with Gasteiger partial charge in [-0.2, -0.15) is 0 Å². The van der Waals surface area contributed by atoms with Crippen molar-refractivity contribution in [3.63, 3.8) is 0 Å². The van der Waals surface area contributed by atoms with Gasteiger partial charge in [-0.15, -0.1) is 11.3 Å². The van der Waals surface area contributed by atoms with Gasteiger partial charge in [0, 0.05) is 42.2 Å². The number of amides is 2. The molecule has 2 N–H and O–H groups in total. The molecule has 3 aliphatic carbocycles. The molecule has 0 saturated heterocycles. The predicted molar refractivity (Wildman–Crippen MR) is 175 cm³/mol. The first-order chi connectivity index (χ1) is 21.4. The molecule has 0 aliphatic heterocycles. The molecule has 3 aromatic rings. The highest BCUT2D eigenvalue weighted by Crippen LogP contribution is 2.45. The number of anilines is 1. The van der Waals surface area contributed by atoms with E-state index in [0.717, 1.165) is 72.4 Å². The molecule has 2 aromatic carbocycles. The Morgan fingerprint density at radius 2 is 1.86 bits per heavy atom. The van der Waals surface area contributed by atoms with Crippen LogP contribution in [0.2, 0.25) is 0 Å². The van der Waals surface area contributed by atoms with Crippen LogP contribution in [0.4, 0.5) is 5.69 Å². The first-order valence-electron chi connectivity index (χ1n) is 16.4. The second kappa shape index (κ2) is 13.8.